The highest BCUT2D eigenvalue weighted by Crippen LogP contribution is 2.23. The van der Waals surface area contributed by atoms with Crippen molar-refractivity contribution >= 4 is 5.91 Å². The first-order valence-corrected chi connectivity index (χ1v) is 6.14. The molecule has 4 nitrogen and oxygen atoms in total. The minimum Gasteiger partial charge on any atom is -0.375 e. The lowest BCUT2D eigenvalue weighted by Gasteiger charge is -2.36. The lowest BCUT2D eigenvalue weighted by Crippen LogP contribution is -2.50. The second-order valence-corrected chi connectivity index (χ2v) is 5.20. The van der Waals surface area contributed by atoms with Crippen LogP contribution in [0.25, 0.3) is 0 Å². The number of hydrogen-bond acceptors (Lipinski definition) is 3. The molecule has 0 aliphatic carbocycles. The van der Waals surface area contributed by atoms with E-state index < -0.39 is 0 Å². The zero-order chi connectivity index (χ0) is 12.2. The number of carbonyl (C=O) groups excluding carboxylic acids is 1. The van der Waals surface area contributed by atoms with Gasteiger partial charge in [0.15, 0.2) is 0 Å². The van der Waals surface area contributed by atoms with Gasteiger partial charge in [-0.2, -0.15) is 0 Å². The number of ether oxygens (including phenoxy) is 1. The zero-order valence-corrected chi connectivity index (χ0v) is 10.6. The van der Waals surface area contributed by atoms with E-state index in [0.29, 0.717) is 6.61 Å². The highest BCUT2D eigenvalue weighted by atomic mass is 16.5. The largest absolute Gasteiger partial charge is 0.375 e. The standard InChI is InChI=1S/C12H24N2O2/c1-4-5-10(13)11(15)14-9-6-7-16-12(2,3)8-9/h9-10H,4-8,13H2,1-3H3,(H,14,15)/t9?,10-/m1/s1. The summed E-state index contributed by atoms with van der Waals surface area (Å²) in [6, 6.07) is -0.157. The number of carbonyl (C=O) groups is 1. The molecule has 94 valence electrons. The Bertz CT molecular complexity index is 241. The number of nitrogens with one attached hydrogen (secondary N) is 1. The smallest absolute Gasteiger partial charge is 0.237 e. The van der Waals surface area contributed by atoms with Crippen LogP contribution >= 0.6 is 0 Å². The van der Waals surface area contributed by atoms with Crippen LogP contribution in [0.4, 0.5) is 0 Å². The molecule has 16 heavy (non-hydrogen) atoms. The van der Waals surface area contributed by atoms with Crippen LogP contribution in [0.15, 0.2) is 0 Å². The quantitative estimate of drug-likeness (QED) is 0.759. The third-order valence-electron chi connectivity index (χ3n) is 2.98. The fraction of sp³-hybridized carbons (Fsp3) is 0.917. The molecule has 1 amide bonds. The average molecular weight is 228 g/mol. The van der Waals surface area contributed by atoms with Gasteiger partial charge in [-0.3, -0.25) is 4.79 Å². The average Bonchev–Trinajstić information content (AvgIpc) is 2.16. The molecule has 0 bridgehead atoms. The molecular formula is C12H24N2O2. The summed E-state index contributed by atoms with van der Waals surface area (Å²) >= 11 is 0. The normalized spacial score (nSPS) is 26.1. The first-order chi connectivity index (χ1) is 7.44. The van der Waals surface area contributed by atoms with Crippen LogP contribution in [0.3, 0.4) is 0 Å². The highest BCUT2D eigenvalue weighted by molar-refractivity contribution is 5.81. The zero-order valence-electron chi connectivity index (χ0n) is 10.6. The Kier molecular flexibility index (Phi) is 4.74. The van der Waals surface area contributed by atoms with E-state index >= 15 is 0 Å². The minimum absolute atomic E-state index is 0.0236. The number of amides is 1. The summed E-state index contributed by atoms with van der Waals surface area (Å²) in [7, 11) is 0. The van der Waals surface area contributed by atoms with Crippen molar-refractivity contribution in [1.82, 2.24) is 5.32 Å². The van der Waals surface area contributed by atoms with Gasteiger partial charge in [-0.15, -0.1) is 0 Å². The predicted molar refractivity (Wildman–Crippen MR) is 64.1 cm³/mol. The Labute approximate surface area is 97.9 Å². The summed E-state index contributed by atoms with van der Waals surface area (Å²) in [4.78, 5) is 11.7. The van der Waals surface area contributed by atoms with E-state index in [4.69, 9.17) is 10.5 Å². The van der Waals surface area contributed by atoms with Crippen molar-refractivity contribution in [2.24, 2.45) is 5.73 Å². The first-order valence-electron chi connectivity index (χ1n) is 6.14. The van der Waals surface area contributed by atoms with Gasteiger partial charge in [0.25, 0.3) is 0 Å². The number of nitrogens with two attached hydrogens (primary N) is 1. The second-order valence-electron chi connectivity index (χ2n) is 5.20. The summed E-state index contributed by atoms with van der Waals surface area (Å²) < 4.78 is 5.60. The van der Waals surface area contributed by atoms with Crippen LogP contribution in [0.1, 0.15) is 46.5 Å². The van der Waals surface area contributed by atoms with Crippen molar-refractivity contribution in [3.8, 4) is 0 Å². The van der Waals surface area contributed by atoms with Gasteiger partial charge < -0.3 is 15.8 Å². The minimum atomic E-state index is -0.365. The molecule has 2 atom stereocenters. The van der Waals surface area contributed by atoms with E-state index in [1.807, 2.05) is 6.92 Å². The number of rotatable bonds is 4. The maximum absolute atomic E-state index is 11.7. The van der Waals surface area contributed by atoms with E-state index in [1.165, 1.54) is 0 Å². The van der Waals surface area contributed by atoms with Crippen LogP contribution in [-0.2, 0) is 9.53 Å². The van der Waals surface area contributed by atoms with E-state index in [-0.39, 0.29) is 23.6 Å². The Morgan fingerprint density at radius 1 is 1.62 bits per heavy atom. The molecule has 0 spiro atoms. The topological polar surface area (TPSA) is 64.4 Å². The molecule has 1 saturated heterocycles. The molecule has 1 rings (SSSR count). The van der Waals surface area contributed by atoms with Crippen molar-refractivity contribution in [3.05, 3.63) is 0 Å². The van der Waals surface area contributed by atoms with Gasteiger partial charge in [0.2, 0.25) is 5.91 Å². The maximum Gasteiger partial charge on any atom is 0.237 e. The fourth-order valence-electron chi connectivity index (χ4n) is 2.11. The van der Waals surface area contributed by atoms with Gasteiger partial charge in [0.05, 0.1) is 11.6 Å². The predicted octanol–water partition coefficient (Wildman–Crippen LogP) is 1.19. The molecule has 0 aromatic heterocycles. The second kappa shape index (κ2) is 5.64. The molecule has 0 aromatic rings. The Morgan fingerprint density at radius 3 is 2.88 bits per heavy atom. The molecule has 1 unspecified atom stereocenters. The number of hydrogen-bond donors (Lipinski definition) is 2. The van der Waals surface area contributed by atoms with Gasteiger partial charge >= 0.3 is 0 Å². The summed E-state index contributed by atoms with van der Waals surface area (Å²) in [5.74, 6) is -0.0236. The van der Waals surface area contributed by atoms with Crippen LogP contribution in [0.2, 0.25) is 0 Å². The summed E-state index contributed by atoms with van der Waals surface area (Å²) in [6.07, 6.45) is 3.43. The molecule has 0 saturated carbocycles. The van der Waals surface area contributed by atoms with Crippen LogP contribution < -0.4 is 11.1 Å². The molecule has 0 radical (unpaired) electrons. The van der Waals surface area contributed by atoms with Crippen LogP contribution in [0.5, 0.6) is 0 Å². The van der Waals surface area contributed by atoms with Gasteiger partial charge in [0, 0.05) is 12.6 Å². The maximum atomic E-state index is 11.7. The summed E-state index contributed by atoms with van der Waals surface area (Å²) in [6.45, 7) is 6.85. The van der Waals surface area contributed by atoms with Gasteiger partial charge in [-0.05, 0) is 33.1 Å². The third-order valence-corrected chi connectivity index (χ3v) is 2.98. The van der Waals surface area contributed by atoms with Crippen molar-refractivity contribution in [2.45, 2.75) is 64.1 Å². The van der Waals surface area contributed by atoms with Crippen molar-refractivity contribution in [2.75, 3.05) is 6.61 Å². The monoisotopic (exact) mass is 228 g/mol. The first kappa shape index (κ1) is 13.5. The molecular weight excluding hydrogens is 204 g/mol. The van der Waals surface area contributed by atoms with E-state index in [9.17, 15) is 4.79 Å². The molecule has 4 heteroatoms. The molecule has 1 heterocycles. The third kappa shape index (κ3) is 4.10. The van der Waals surface area contributed by atoms with Crippen LogP contribution in [0, 0.1) is 0 Å². The van der Waals surface area contributed by atoms with Crippen molar-refractivity contribution in [1.29, 1.82) is 0 Å². The molecule has 1 aliphatic heterocycles. The molecule has 0 aromatic carbocycles. The van der Waals surface area contributed by atoms with E-state index in [0.717, 1.165) is 25.7 Å². The van der Waals surface area contributed by atoms with Gasteiger partial charge in [-0.25, -0.2) is 0 Å². The fourth-order valence-corrected chi connectivity index (χ4v) is 2.11. The van der Waals surface area contributed by atoms with Crippen molar-refractivity contribution < 1.29 is 9.53 Å². The van der Waals surface area contributed by atoms with Gasteiger partial charge in [0.1, 0.15) is 0 Å². The van der Waals surface area contributed by atoms with Gasteiger partial charge in [-0.1, -0.05) is 13.3 Å². The summed E-state index contributed by atoms with van der Waals surface area (Å²) in [5.41, 5.74) is 5.64. The lowest BCUT2D eigenvalue weighted by molar-refractivity contribution is -0.125. The van der Waals surface area contributed by atoms with Crippen LogP contribution in [-0.4, -0.2) is 30.2 Å². The Morgan fingerprint density at radius 2 is 2.31 bits per heavy atom. The summed E-state index contributed by atoms with van der Waals surface area (Å²) in [5, 5.41) is 3.02. The lowest BCUT2D eigenvalue weighted by atomic mass is 9.93. The highest BCUT2D eigenvalue weighted by Gasteiger charge is 2.30. The van der Waals surface area contributed by atoms with E-state index in [2.05, 4.69) is 19.2 Å². The van der Waals surface area contributed by atoms with Crippen molar-refractivity contribution in [3.63, 3.8) is 0 Å². The molecule has 1 aliphatic rings. The Balaban J connectivity index is 2.39. The Hall–Kier alpha value is -0.610. The molecule has 1 fully saturated rings. The SMILES string of the molecule is CCC[C@@H](N)C(=O)NC1CCOC(C)(C)C1. The molecule has 3 N–H and O–H groups in total. The van der Waals surface area contributed by atoms with E-state index in [1.54, 1.807) is 0 Å².